The van der Waals surface area contributed by atoms with Crippen LogP contribution in [0.1, 0.15) is 5.56 Å². The molecular formula is C11H12N4. The lowest BCUT2D eigenvalue weighted by molar-refractivity contribution is 1.06. The Balaban J connectivity index is 2.34. The van der Waals surface area contributed by atoms with E-state index >= 15 is 0 Å². The van der Waals surface area contributed by atoms with Gasteiger partial charge in [0, 0.05) is 11.6 Å². The summed E-state index contributed by atoms with van der Waals surface area (Å²) >= 11 is 0. The van der Waals surface area contributed by atoms with Gasteiger partial charge in [-0.15, -0.1) is 0 Å². The Hall–Kier alpha value is -2.10. The van der Waals surface area contributed by atoms with E-state index in [0.717, 1.165) is 16.5 Å². The number of aliphatic imine (C=N–C) groups is 1. The molecule has 0 fully saturated rings. The number of pyridine rings is 1. The Morgan fingerprint density at radius 3 is 2.93 bits per heavy atom. The molecule has 2 rings (SSSR count). The highest BCUT2D eigenvalue weighted by Gasteiger charge is 1.95. The van der Waals surface area contributed by atoms with Gasteiger partial charge in [-0.2, -0.15) is 0 Å². The highest BCUT2D eigenvalue weighted by molar-refractivity contribution is 5.79. The number of guanidine groups is 1. The minimum absolute atomic E-state index is 0.112. The fraction of sp³-hybridized carbons (Fsp3) is 0.0909. The molecule has 2 aromatic rings. The lowest BCUT2D eigenvalue weighted by Gasteiger charge is -2.00. The van der Waals surface area contributed by atoms with E-state index in [1.165, 1.54) is 0 Å². The number of fused-ring (bicyclic) bond motifs is 1. The van der Waals surface area contributed by atoms with E-state index in [4.69, 9.17) is 11.5 Å². The molecule has 0 saturated carbocycles. The summed E-state index contributed by atoms with van der Waals surface area (Å²) in [4.78, 5) is 8.19. The van der Waals surface area contributed by atoms with E-state index in [1.54, 1.807) is 6.20 Å². The van der Waals surface area contributed by atoms with Crippen LogP contribution in [0.2, 0.25) is 0 Å². The summed E-state index contributed by atoms with van der Waals surface area (Å²) in [6, 6.07) is 9.90. The maximum absolute atomic E-state index is 5.27. The van der Waals surface area contributed by atoms with Gasteiger partial charge in [-0.05, 0) is 23.8 Å². The fourth-order valence-electron chi connectivity index (χ4n) is 1.41. The van der Waals surface area contributed by atoms with Crippen molar-refractivity contribution in [1.29, 1.82) is 0 Å². The molecule has 0 bridgehead atoms. The van der Waals surface area contributed by atoms with E-state index < -0.39 is 0 Å². The molecule has 0 atom stereocenters. The Morgan fingerprint density at radius 2 is 2.13 bits per heavy atom. The van der Waals surface area contributed by atoms with Crippen LogP contribution in [0.15, 0.2) is 41.5 Å². The second kappa shape index (κ2) is 3.96. The second-order valence-electron chi connectivity index (χ2n) is 3.27. The van der Waals surface area contributed by atoms with E-state index in [1.807, 2.05) is 30.3 Å². The van der Waals surface area contributed by atoms with Crippen molar-refractivity contribution in [2.75, 3.05) is 0 Å². The lowest BCUT2D eigenvalue weighted by Crippen LogP contribution is -2.22. The third-order valence-electron chi connectivity index (χ3n) is 2.11. The van der Waals surface area contributed by atoms with E-state index in [9.17, 15) is 0 Å². The van der Waals surface area contributed by atoms with Gasteiger partial charge < -0.3 is 11.5 Å². The normalized spacial score (nSPS) is 10.1. The summed E-state index contributed by atoms with van der Waals surface area (Å²) in [6.07, 6.45) is 1.78. The molecule has 0 spiro atoms. The molecule has 0 amide bonds. The number of nitrogens with two attached hydrogens (primary N) is 2. The van der Waals surface area contributed by atoms with Gasteiger partial charge in [0.15, 0.2) is 5.96 Å². The quantitative estimate of drug-likeness (QED) is 0.561. The summed E-state index contributed by atoms with van der Waals surface area (Å²) in [7, 11) is 0. The number of hydrogen-bond donors (Lipinski definition) is 2. The minimum Gasteiger partial charge on any atom is -0.370 e. The van der Waals surface area contributed by atoms with Crippen LogP contribution in [0.5, 0.6) is 0 Å². The van der Waals surface area contributed by atoms with Crippen molar-refractivity contribution in [2.45, 2.75) is 6.54 Å². The highest BCUT2D eigenvalue weighted by atomic mass is 15.0. The summed E-state index contributed by atoms with van der Waals surface area (Å²) < 4.78 is 0. The van der Waals surface area contributed by atoms with Gasteiger partial charge >= 0.3 is 0 Å². The molecule has 0 unspecified atom stereocenters. The highest BCUT2D eigenvalue weighted by Crippen LogP contribution is 2.13. The van der Waals surface area contributed by atoms with E-state index in [-0.39, 0.29) is 5.96 Å². The summed E-state index contributed by atoms with van der Waals surface area (Å²) in [5.74, 6) is 0.112. The molecule has 76 valence electrons. The molecule has 0 aliphatic heterocycles. The van der Waals surface area contributed by atoms with E-state index in [2.05, 4.69) is 9.98 Å². The van der Waals surface area contributed by atoms with Crippen molar-refractivity contribution in [3.05, 3.63) is 42.1 Å². The monoisotopic (exact) mass is 200 g/mol. The zero-order chi connectivity index (χ0) is 10.7. The molecule has 4 heteroatoms. The van der Waals surface area contributed by atoms with Gasteiger partial charge in [-0.25, -0.2) is 4.99 Å². The van der Waals surface area contributed by atoms with Gasteiger partial charge in [0.1, 0.15) is 0 Å². The maximum Gasteiger partial charge on any atom is 0.186 e. The average molecular weight is 200 g/mol. The standard InChI is InChI=1S/C11H12N4/c12-11(13)15-7-8-3-4-10-9(6-8)2-1-5-14-10/h1-6H,7H2,(H4,12,13,15). The molecule has 0 radical (unpaired) electrons. The van der Waals surface area contributed by atoms with Crippen LogP contribution in [0.4, 0.5) is 0 Å². The average Bonchev–Trinajstić information content (AvgIpc) is 2.26. The molecule has 0 saturated heterocycles. The van der Waals surface area contributed by atoms with Crippen LogP contribution < -0.4 is 11.5 Å². The van der Waals surface area contributed by atoms with Crippen molar-refractivity contribution >= 4 is 16.9 Å². The van der Waals surface area contributed by atoms with E-state index in [0.29, 0.717) is 6.54 Å². The predicted molar refractivity (Wildman–Crippen MR) is 61.3 cm³/mol. The van der Waals surface area contributed by atoms with Crippen LogP contribution >= 0.6 is 0 Å². The minimum atomic E-state index is 0.112. The summed E-state index contributed by atoms with van der Waals surface area (Å²) in [5.41, 5.74) is 12.6. The molecule has 4 N–H and O–H groups in total. The van der Waals surface area contributed by atoms with Gasteiger partial charge in [0.05, 0.1) is 12.1 Å². The number of rotatable bonds is 2. The third kappa shape index (κ3) is 2.22. The van der Waals surface area contributed by atoms with Crippen molar-refractivity contribution in [3.63, 3.8) is 0 Å². The van der Waals surface area contributed by atoms with Crippen molar-refractivity contribution in [1.82, 2.24) is 4.98 Å². The first-order valence-electron chi connectivity index (χ1n) is 4.65. The Labute approximate surface area is 87.6 Å². The molecule has 1 aromatic heterocycles. The molecule has 15 heavy (non-hydrogen) atoms. The number of benzene rings is 1. The Bertz CT molecular complexity index is 501. The van der Waals surface area contributed by atoms with Crippen molar-refractivity contribution in [2.24, 2.45) is 16.5 Å². The van der Waals surface area contributed by atoms with Crippen molar-refractivity contribution in [3.8, 4) is 0 Å². The van der Waals surface area contributed by atoms with Crippen LogP contribution in [0.25, 0.3) is 10.9 Å². The first-order chi connectivity index (χ1) is 7.25. The first kappa shape index (κ1) is 9.45. The SMILES string of the molecule is NC(N)=NCc1ccc2ncccc2c1. The lowest BCUT2D eigenvalue weighted by atomic mass is 10.1. The summed E-state index contributed by atoms with van der Waals surface area (Å²) in [5, 5.41) is 1.10. The molecule has 4 nitrogen and oxygen atoms in total. The van der Waals surface area contributed by atoms with Crippen LogP contribution in [0.3, 0.4) is 0 Å². The second-order valence-corrected chi connectivity index (χ2v) is 3.27. The number of aromatic nitrogens is 1. The topological polar surface area (TPSA) is 77.3 Å². The molecule has 0 aliphatic carbocycles. The number of nitrogens with zero attached hydrogens (tertiary/aromatic N) is 2. The zero-order valence-corrected chi connectivity index (χ0v) is 8.22. The van der Waals surface area contributed by atoms with Crippen LogP contribution in [0, 0.1) is 0 Å². The number of hydrogen-bond acceptors (Lipinski definition) is 2. The molecule has 1 heterocycles. The fourth-order valence-corrected chi connectivity index (χ4v) is 1.41. The largest absolute Gasteiger partial charge is 0.370 e. The van der Waals surface area contributed by atoms with Crippen LogP contribution in [-0.4, -0.2) is 10.9 Å². The first-order valence-corrected chi connectivity index (χ1v) is 4.65. The maximum atomic E-state index is 5.27. The third-order valence-corrected chi connectivity index (χ3v) is 2.11. The van der Waals surface area contributed by atoms with Crippen LogP contribution in [-0.2, 0) is 6.54 Å². The molecule has 1 aromatic carbocycles. The van der Waals surface area contributed by atoms with Gasteiger partial charge in [-0.1, -0.05) is 12.1 Å². The van der Waals surface area contributed by atoms with Gasteiger partial charge in [0.2, 0.25) is 0 Å². The van der Waals surface area contributed by atoms with Gasteiger partial charge in [-0.3, -0.25) is 4.98 Å². The predicted octanol–water partition coefficient (Wildman–Crippen LogP) is 1.01. The summed E-state index contributed by atoms with van der Waals surface area (Å²) in [6.45, 7) is 0.507. The zero-order valence-electron chi connectivity index (χ0n) is 8.22. The Morgan fingerprint density at radius 1 is 1.27 bits per heavy atom. The Kier molecular flexibility index (Phi) is 2.49. The van der Waals surface area contributed by atoms with Crippen molar-refractivity contribution < 1.29 is 0 Å². The smallest absolute Gasteiger partial charge is 0.186 e. The molecular weight excluding hydrogens is 188 g/mol. The molecule has 0 aliphatic rings. The van der Waals surface area contributed by atoms with Gasteiger partial charge in [0.25, 0.3) is 0 Å².